The lowest BCUT2D eigenvalue weighted by molar-refractivity contribution is -0.664. The number of nitrogens with zero attached hydrogens (tertiary/aromatic N) is 2. The second-order valence-electron chi connectivity index (χ2n) is 9.35. The van der Waals surface area contributed by atoms with E-state index in [0.717, 1.165) is 12.5 Å². The third kappa shape index (κ3) is 2.64. The second-order valence-corrected chi connectivity index (χ2v) is 9.35. The van der Waals surface area contributed by atoms with Gasteiger partial charge in [-0.2, -0.15) is 0 Å². The van der Waals surface area contributed by atoms with E-state index in [4.69, 9.17) is 0 Å². The quantitative estimate of drug-likeness (QED) is 0.486. The molecule has 0 bridgehead atoms. The van der Waals surface area contributed by atoms with Gasteiger partial charge in [-0.15, -0.1) is 0 Å². The molecule has 0 atom stereocenters. The lowest BCUT2D eigenvalue weighted by Crippen LogP contribution is -2.39. The summed E-state index contributed by atoms with van der Waals surface area (Å²) in [5.41, 5.74) is 10.4. The van der Waals surface area contributed by atoms with Crippen molar-refractivity contribution in [3.63, 3.8) is 0 Å². The lowest BCUT2D eigenvalue weighted by Gasteiger charge is -2.19. The average Bonchev–Trinajstić information content (AvgIpc) is 3.31. The highest BCUT2D eigenvalue weighted by Crippen LogP contribution is 2.40. The summed E-state index contributed by atoms with van der Waals surface area (Å²) in [7, 11) is 2.26. The zero-order chi connectivity index (χ0) is 19.4. The van der Waals surface area contributed by atoms with Gasteiger partial charge in [0.25, 0.3) is 5.82 Å². The zero-order valence-corrected chi connectivity index (χ0v) is 17.9. The fourth-order valence-electron chi connectivity index (χ4n) is 5.75. The predicted molar refractivity (Wildman–Crippen MR) is 117 cm³/mol. The smallest absolute Gasteiger partial charge is 0.226 e. The zero-order valence-electron chi connectivity index (χ0n) is 17.9. The third-order valence-corrected chi connectivity index (χ3v) is 7.26. The van der Waals surface area contributed by atoms with E-state index in [1.54, 1.807) is 11.1 Å². The summed E-state index contributed by atoms with van der Waals surface area (Å²) >= 11 is 0. The number of aromatic nitrogens is 2. The normalized spacial score (nSPS) is 17.2. The van der Waals surface area contributed by atoms with Crippen molar-refractivity contribution in [1.82, 2.24) is 4.57 Å². The van der Waals surface area contributed by atoms with Crippen molar-refractivity contribution in [3.05, 3.63) is 52.6 Å². The molecule has 2 nitrogen and oxygen atoms in total. The van der Waals surface area contributed by atoms with E-state index in [0.29, 0.717) is 5.92 Å². The minimum Gasteiger partial charge on any atom is -0.226 e. The molecule has 0 saturated heterocycles. The average molecular weight is 374 g/mol. The van der Waals surface area contributed by atoms with E-state index in [9.17, 15) is 0 Å². The number of benzene rings is 2. The SMILES string of the molecule is Cc1cc(C(C)C)ccc1-c1n(C)c2ccc(C3CCCC3)c3c2[n+]1CCC3. The Labute approximate surface area is 169 Å². The van der Waals surface area contributed by atoms with Gasteiger partial charge < -0.3 is 0 Å². The van der Waals surface area contributed by atoms with Gasteiger partial charge in [-0.3, -0.25) is 0 Å². The summed E-state index contributed by atoms with van der Waals surface area (Å²) < 4.78 is 5.07. The Morgan fingerprint density at radius 2 is 1.82 bits per heavy atom. The van der Waals surface area contributed by atoms with E-state index >= 15 is 0 Å². The Morgan fingerprint density at radius 1 is 1.04 bits per heavy atom. The maximum atomic E-state index is 2.63. The molecule has 0 radical (unpaired) electrons. The van der Waals surface area contributed by atoms with Crippen LogP contribution >= 0.6 is 0 Å². The first-order valence-electron chi connectivity index (χ1n) is 11.2. The molecule has 28 heavy (non-hydrogen) atoms. The van der Waals surface area contributed by atoms with Gasteiger partial charge in [0.2, 0.25) is 0 Å². The largest absolute Gasteiger partial charge is 0.289 e. The first kappa shape index (κ1) is 18.0. The first-order valence-corrected chi connectivity index (χ1v) is 11.2. The van der Waals surface area contributed by atoms with Crippen LogP contribution in [0.15, 0.2) is 30.3 Å². The van der Waals surface area contributed by atoms with Crippen LogP contribution in [0.25, 0.3) is 22.4 Å². The van der Waals surface area contributed by atoms with Gasteiger partial charge in [0, 0.05) is 5.56 Å². The Bertz CT molecular complexity index is 1050. The van der Waals surface area contributed by atoms with Crippen molar-refractivity contribution in [3.8, 4) is 11.4 Å². The van der Waals surface area contributed by atoms with Crippen molar-refractivity contribution in [2.24, 2.45) is 7.05 Å². The monoisotopic (exact) mass is 373 g/mol. The summed E-state index contributed by atoms with van der Waals surface area (Å²) in [6.07, 6.45) is 8.09. The van der Waals surface area contributed by atoms with Crippen LogP contribution in [-0.4, -0.2) is 4.57 Å². The third-order valence-electron chi connectivity index (χ3n) is 7.26. The molecular formula is C26H33N2+. The molecule has 5 rings (SSSR count). The van der Waals surface area contributed by atoms with E-state index < -0.39 is 0 Å². The molecule has 0 unspecified atom stereocenters. The fourth-order valence-corrected chi connectivity index (χ4v) is 5.75. The predicted octanol–water partition coefficient (Wildman–Crippen LogP) is 6.17. The lowest BCUT2D eigenvalue weighted by atomic mass is 9.88. The van der Waals surface area contributed by atoms with Gasteiger partial charge in [-0.1, -0.05) is 44.9 Å². The Balaban J connectivity index is 1.73. The number of imidazole rings is 1. The molecule has 1 fully saturated rings. The summed E-state index contributed by atoms with van der Waals surface area (Å²) in [6, 6.07) is 11.9. The minimum absolute atomic E-state index is 0.576. The molecule has 2 aliphatic rings. The number of hydrogen-bond acceptors (Lipinski definition) is 0. The van der Waals surface area contributed by atoms with Crippen molar-refractivity contribution in [2.75, 3.05) is 0 Å². The summed E-state index contributed by atoms with van der Waals surface area (Å²) in [4.78, 5) is 0. The molecule has 1 aliphatic carbocycles. The highest BCUT2D eigenvalue weighted by Gasteiger charge is 2.32. The summed E-state index contributed by atoms with van der Waals surface area (Å²) in [5.74, 6) is 2.75. The number of hydrogen-bond donors (Lipinski definition) is 0. The van der Waals surface area contributed by atoms with Crippen LogP contribution in [0.2, 0.25) is 0 Å². The standard InChI is InChI=1S/C26H33N2/c1-17(2)20-11-12-21(18(3)16-20)26-27(4)24-14-13-22(19-8-5-6-9-19)23-10-7-15-28(26)25(23)24/h11-14,16-17,19H,5-10,15H2,1-4H3/q+1. The maximum Gasteiger partial charge on any atom is 0.289 e. The van der Waals surface area contributed by atoms with Gasteiger partial charge in [0.15, 0.2) is 11.0 Å². The van der Waals surface area contributed by atoms with Gasteiger partial charge in [0.05, 0.1) is 19.2 Å². The van der Waals surface area contributed by atoms with E-state index in [2.05, 4.69) is 67.3 Å². The Kier molecular flexibility index (Phi) is 4.34. The molecule has 1 aliphatic heterocycles. The topological polar surface area (TPSA) is 8.81 Å². The molecule has 3 aromatic rings. The number of aryl methyl sites for hydroxylation is 4. The van der Waals surface area contributed by atoms with Crippen LogP contribution in [0.1, 0.15) is 80.0 Å². The van der Waals surface area contributed by atoms with Crippen LogP contribution < -0.4 is 4.57 Å². The Hall–Kier alpha value is -2.09. The highest BCUT2D eigenvalue weighted by atomic mass is 15.2. The molecule has 0 spiro atoms. The van der Waals surface area contributed by atoms with E-state index in [-0.39, 0.29) is 0 Å². The maximum absolute atomic E-state index is 2.63. The van der Waals surface area contributed by atoms with Gasteiger partial charge in [-0.05, 0) is 73.3 Å². The van der Waals surface area contributed by atoms with Crippen LogP contribution in [-0.2, 0) is 20.0 Å². The first-order chi connectivity index (χ1) is 13.6. The van der Waals surface area contributed by atoms with E-state index in [1.807, 2.05) is 0 Å². The van der Waals surface area contributed by atoms with Crippen LogP contribution in [0.3, 0.4) is 0 Å². The van der Waals surface area contributed by atoms with Crippen LogP contribution in [0, 0.1) is 6.92 Å². The minimum atomic E-state index is 0.576. The second kappa shape index (κ2) is 6.76. The molecule has 0 N–H and O–H groups in total. The molecular weight excluding hydrogens is 340 g/mol. The summed E-state index contributed by atoms with van der Waals surface area (Å²) in [6.45, 7) is 7.97. The van der Waals surface area contributed by atoms with Crippen molar-refractivity contribution in [1.29, 1.82) is 0 Å². The van der Waals surface area contributed by atoms with Gasteiger partial charge in [0.1, 0.15) is 0 Å². The van der Waals surface area contributed by atoms with Crippen molar-refractivity contribution < 1.29 is 4.57 Å². The van der Waals surface area contributed by atoms with Crippen LogP contribution in [0.5, 0.6) is 0 Å². The summed E-state index contributed by atoms with van der Waals surface area (Å²) in [5, 5.41) is 0. The fraction of sp³-hybridized carbons (Fsp3) is 0.500. The van der Waals surface area contributed by atoms with Crippen molar-refractivity contribution in [2.45, 2.75) is 77.7 Å². The van der Waals surface area contributed by atoms with Gasteiger partial charge in [-0.25, -0.2) is 9.13 Å². The molecule has 1 aromatic heterocycles. The van der Waals surface area contributed by atoms with Crippen molar-refractivity contribution >= 4 is 11.0 Å². The molecule has 146 valence electrons. The van der Waals surface area contributed by atoms with E-state index in [1.165, 1.54) is 72.1 Å². The molecule has 2 heterocycles. The Morgan fingerprint density at radius 3 is 2.54 bits per heavy atom. The molecule has 1 saturated carbocycles. The molecule has 2 heteroatoms. The van der Waals surface area contributed by atoms with Gasteiger partial charge >= 0.3 is 0 Å². The number of rotatable bonds is 3. The van der Waals surface area contributed by atoms with Crippen LogP contribution in [0.4, 0.5) is 0 Å². The molecule has 2 aromatic carbocycles. The molecule has 0 amide bonds. The highest BCUT2D eigenvalue weighted by molar-refractivity contribution is 5.81.